The number of piperazine rings is 1. The summed E-state index contributed by atoms with van der Waals surface area (Å²) in [6.45, 7) is 7.35. The molecule has 2 aliphatic rings. The fourth-order valence-electron chi connectivity index (χ4n) is 3.45. The molecule has 1 aromatic heterocycles. The summed E-state index contributed by atoms with van der Waals surface area (Å²) in [7, 11) is 0. The van der Waals surface area contributed by atoms with Gasteiger partial charge in [-0.3, -0.25) is 0 Å². The molecule has 0 bridgehead atoms. The molecular formula is C17H26N4O3. The molecule has 0 radical (unpaired) electrons. The Balaban J connectivity index is 1.63. The van der Waals surface area contributed by atoms with Gasteiger partial charge in [-0.2, -0.15) is 0 Å². The Morgan fingerprint density at radius 2 is 2.08 bits per heavy atom. The van der Waals surface area contributed by atoms with E-state index in [1.807, 2.05) is 0 Å². The van der Waals surface area contributed by atoms with E-state index < -0.39 is 6.10 Å². The molecule has 0 saturated carbocycles. The topological polar surface area (TPSA) is 78.8 Å². The zero-order valence-electron chi connectivity index (χ0n) is 14.4. The van der Waals surface area contributed by atoms with Gasteiger partial charge in [0.05, 0.1) is 18.4 Å². The van der Waals surface area contributed by atoms with Gasteiger partial charge in [0.25, 0.3) is 0 Å². The number of ether oxygens (including phenoxy) is 1. The van der Waals surface area contributed by atoms with Gasteiger partial charge >= 0.3 is 6.09 Å². The Bertz CT molecular complexity index is 587. The zero-order chi connectivity index (χ0) is 17.1. The summed E-state index contributed by atoms with van der Waals surface area (Å²) in [4.78, 5) is 24.7. The Kier molecular flexibility index (Phi) is 5.18. The van der Waals surface area contributed by atoms with E-state index in [1.165, 1.54) is 6.33 Å². The first kappa shape index (κ1) is 17.0. The van der Waals surface area contributed by atoms with Crippen molar-refractivity contribution in [3.63, 3.8) is 0 Å². The van der Waals surface area contributed by atoms with E-state index in [2.05, 4.69) is 28.7 Å². The fourth-order valence-corrected chi connectivity index (χ4v) is 3.45. The number of anilines is 1. The zero-order valence-corrected chi connectivity index (χ0v) is 14.4. The van der Waals surface area contributed by atoms with Gasteiger partial charge < -0.3 is 19.6 Å². The van der Waals surface area contributed by atoms with Crippen molar-refractivity contribution in [1.82, 2.24) is 14.9 Å². The maximum Gasteiger partial charge on any atom is 0.409 e. The van der Waals surface area contributed by atoms with E-state index in [-0.39, 0.29) is 12.0 Å². The number of hydrogen-bond acceptors (Lipinski definition) is 6. The summed E-state index contributed by atoms with van der Waals surface area (Å²) >= 11 is 0. The van der Waals surface area contributed by atoms with Gasteiger partial charge in [0.1, 0.15) is 12.1 Å². The van der Waals surface area contributed by atoms with Gasteiger partial charge in [-0.1, -0.05) is 20.3 Å². The third-order valence-electron chi connectivity index (χ3n) is 4.84. The van der Waals surface area contributed by atoms with E-state index in [0.717, 1.165) is 43.0 Å². The van der Waals surface area contributed by atoms with E-state index >= 15 is 0 Å². The maximum atomic E-state index is 12.0. The van der Waals surface area contributed by atoms with Crippen LogP contribution in [0, 0.1) is 0 Å². The molecule has 24 heavy (non-hydrogen) atoms. The SMILES string of the molecule is CCCCOC(=O)N1CCN(c2ncnc3c2[C@H](C)C[C@H]3O)CC1. The molecule has 1 aromatic rings. The number of carbonyl (C=O) groups excluding carboxylic acids is 1. The number of aromatic nitrogens is 2. The van der Waals surface area contributed by atoms with Crippen LogP contribution >= 0.6 is 0 Å². The lowest BCUT2D eigenvalue weighted by atomic mass is 10.1. The van der Waals surface area contributed by atoms with Gasteiger partial charge in [-0.25, -0.2) is 14.8 Å². The molecule has 1 fully saturated rings. The first-order valence-corrected chi connectivity index (χ1v) is 8.81. The summed E-state index contributed by atoms with van der Waals surface area (Å²) in [5.74, 6) is 1.16. The average molecular weight is 334 g/mol. The molecule has 0 aromatic carbocycles. The molecule has 7 heteroatoms. The predicted molar refractivity (Wildman–Crippen MR) is 90.1 cm³/mol. The summed E-state index contributed by atoms with van der Waals surface area (Å²) < 4.78 is 5.28. The van der Waals surface area contributed by atoms with E-state index in [1.54, 1.807) is 4.90 Å². The smallest absolute Gasteiger partial charge is 0.409 e. The van der Waals surface area contributed by atoms with Crippen molar-refractivity contribution < 1.29 is 14.6 Å². The lowest BCUT2D eigenvalue weighted by Crippen LogP contribution is -2.49. The fraction of sp³-hybridized carbons (Fsp3) is 0.706. The van der Waals surface area contributed by atoms with Crippen LogP contribution in [0.25, 0.3) is 0 Å². The van der Waals surface area contributed by atoms with Gasteiger partial charge in [0, 0.05) is 31.7 Å². The minimum atomic E-state index is -0.494. The molecular weight excluding hydrogens is 308 g/mol. The molecule has 3 rings (SSSR count). The average Bonchev–Trinajstić information content (AvgIpc) is 2.90. The van der Waals surface area contributed by atoms with Crippen molar-refractivity contribution in [2.45, 2.75) is 45.1 Å². The molecule has 132 valence electrons. The second-order valence-electron chi connectivity index (χ2n) is 6.59. The van der Waals surface area contributed by atoms with Gasteiger partial charge in [-0.15, -0.1) is 0 Å². The number of hydrogen-bond donors (Lipinski definition) is 1. The second kappa shape index (κ2) is 7.34. The van der Waals surface area contributed by atoms with Crippen molar-refractivity contribution in [3.05, 3.63) is 17.6 Å². The summed E-state index contributed by atoms with van der Waals surface area (Å²) in [5.41, 5.74) is 1.82. The van der Waals surface area contributed by atoms with Crippen LogP contribution in [0.15, 0.2) is 6.33 Å². The van der Waals surface area contributed by atoms with Crippen LogP contribution in [-0.4, -0.2) is 58.9 Å². The Labute approximate surface area is 142 Å². The second-order valence-corrected chi connectivity index (χ2v) is 6.59. The predicted octanol–water partition coefficient (Wildman–Crippen LogP) is 2.08. The monoisotopic (exact) mass is 334 g/mol. The minimum Gasteiger partial charge on any atom is -0.449 e. The van der Waals surface area contributed by atoms with Crippen molar-refractivity contribution in [2.24, 2.45) is 0 Å². The number of aliphatic hydroxyl groups is 1. The summed E-state index contributed by atoms with van der Waals surface area (Å²) in [5, 5.41) is 10.1. The molecule has 1 amide bonds. The number of carbonyl (C=O) groups is 1. The van der Waals surface area contributed by atoms with Crippen LogP contribution in [0.2, 0.25) is 0 Å². The highest BCUT2D eigenvalue weighted by molar-refractivity contribution is 5.68. The van der Waals surface area contributed by atoms with Gasteiger partial charge in [0.15, 0.2) is 0 Å². The molecule has 0 spiro atoms. The quantitative estimate of drug-likeness (QED) is 0.849. The number of nitrogens with zero attached hydrogens (tertiary/aromatic N) is 4. The van der Waals surface area contributed by atoms with Gasteiger partial charge in [-0.05, 0) is 18.8 Å². The third kappa shape index (κ3) is 3.31. The van der Waals surface area contributed by atoms with E-state index in [4.69, 9.17) is 4.74 Å². The molecule has 1 aliphatic heterocycles. The molecule has 2 heterocycles. The van der Waals surface area contributed by atoms with Crippen molar-refractivity contribution in [1.29, 1.82) is 0 Å². The van der Waals surface area contributed by atoms with Crippen LogP contribution in [-0.2, 0) is 4.74 Å². The van der Waals surface area contributed by atoms with Crippen LogP contribution in [0.1, 0.15) is 56.4 Å². The Morgan fingerprint density at radius 3 is 2.79 bits per heavy atom. The molecule has 1 N–H and O–H groups in total. The Morgan fingerprint density at radius 1 is 1.33 bits per heavy atom. The number of amides is 1. The Hall–Kier alpha value is -1.89. The van der Waals surface area contributed by atoms with Crippen molar-refractivity contribution in [2.75, 3.05) is 37.7 Å². The number of aliphatic hydroxyl groups excluding tert-OH is 1. The highest BCUT2D eigenvalue weighted by Gasteiger charge is 2.34. The normalized spacial score (nSPS) is 23.3. The highest BCUT2D eigenvalue weighted by atomic mass is 16.6. The van der Waals surface area contributed by atoms with Crippen LogP contribution in [0.3, 0.4) is 0 Å². The molecule has 7 nitrogen and oxygen atoms in total. The minimum absolute atomic E-state index is 0.222. The molecule has 2 atom stereocenters. The van der Waals surface area contributed by atoms with E-state index in [0.29, 0.717) is 26.1 Å². The third-order valence-corrected chi connectivity index (χ3v) is 4.84. The first-order chi connectivity index (χ1) is 11.6. The molecule has 1 saturated heterocycles. The van der Waals surface area contributed by atoms with Crippen LogP contribution in [0.5, 0.6) is 0 Å². The summed E-state index contributed by atoms with van der Waals surface area (Å²) in [6, 6.07) is 0. The molecule has 0 unspecified atom stereocenters. The lowest BCUT2D eigenvalue weighted by Gasteiger charge is -2.35. The number of fused-ring (bicyclic) bond motifs is 1. The maximum absolute atomic E-state index is 12.0. The largest absolute Gasteiger partial charge is 0.449 e. The van der Waals surface area contributed by atoms with Crippen molar-refractivity contribution in [3.8, 4) is 0 Å². The first-order valence-electron chi connectivity index (χ1n) is 8.81. The van der Waals surface area contributed by atoms with E-state index in [9.17, 15) is 9.90 Å². The van der Waals surface area contributed by atoms with Gasteiger partial charge in [0.2, 0.25) is 0 Å². The summed E-state index contributed by atoms with van der Waals surface area (Å²) in [6.07, 6.45) is 3.43. The highest BCUT2D eigenvalue weighted by Crippen LogP contribution is 2.42. The molecule has 1 aliphatic carbocycles. The number of rotatable bonds is 4. The standard InChI is InChI=1S/C17H26N4O3/c1-3-4-9-24-17(23)21-7-5-20(6-8-21)16-14-12(2)10-13(22)15(14)18-11-19-16/h11-13,22H,3-10H2,1-2H3/t12-,13-/m1/s1. The van der Waals surface area contributed by atoms with Crippen LogP contribution in [0.4, 0.5) is 10.6 Å². The van der Waals surface area contributed by atoms with Crippen LogP contribution < -0.4 is 4.90 Å². The number of unbranched alkanes of at least 4 members (excludes halogenated alkanes) is 1. The lowest BCUT2D eigenvalue weighted by molar-refractivity contribution is 0.0989. The van der Waals surface area contributed by atoms with Crippen molar-refractivity contribution >= 4 is 11.9 Å².